The van der Waals surface area contributed by atoms with Gasteiger partial charge in [-0.25, -0.2) is 0 Å². The van der Waals surface area contributed by atoms with Crippen LogP contribution in [0.3, 0.4) is 0 Å². The quantitative estimate of drug-likeness (QED) is 0.860. The Morgan fingerprint density at radius 1 is 1.24 bits per heavy atom. The van der Waals surface area contributed by atoms with Crippen LogP contribution in [-0.4, -0.2) is 11.0 Å². The first-order valence-corrected chi connectivity index (χ1v) is 6.29. The van der Waals surface area contributed by atoms with E-state index in [-0.39, 0.29) is 0 Å². The van der Waals surface area contributed by atoms with Crippen molar-refractivity contribution >= 4 is 16.6 Å². The number of fused-ring (bicyclic) bond motifs is 1. The summed E-state index contributed by atoms with van der Waals surface area (Å²) in [5.41, 5.74) is 2.76. The van der Waals surface area contributed by atoms with E-state index in [0.717, 1.165) is 5.52 Å². The van der Waals surface area contributed by atoms with Crippen molar-refractivity contribution in [1.82, 2.24) is 4.98 Å². The largest absolute Gasteiger partial charge is 0.381 e. The van der Waals surface area contributed by atoms with Crippen LogP contribution in [0.1, 0.15) is 26.7 Å². The standard InChI is InChI=1S/C15H18N2/c1-11(15(2)8-9-15)17-14-7-3-6-13-12(14)5-4-10-16-13/h3-7,10-11,17H,8-9H2,1-2H3. The van der Waals surface area contributed by atoms with Crippen molar-refractivity contribution in [1.29, 1.82) is 0 Å². The predicted octanol–water partition coefficient (Wildman–Crippen LogP) is 3.84. The Labute approximate surface area is 102 Å². The van der Waals surface area contributed by atoms with Gasteiger partial charge in [-0.1, -0.05) is 13.0 Å². The first-order chi connectivity index (χ1) is 8.19. The fourth-order valence-electron chi connectivity index (χ4n) is 2.27. The summed E-state index contributed by atoms with van der Waals surface area (Å²) in [5.74, 6) is 0. The van der Waals surface area contributed by atoms with Gasteiger partial charge in [-0.2, -0.15) is 0 Å². The number of hydrogen-bond donors (Lipinski definition) is 1. The minimum Gasteiger partial charge on any atom is -0.381 e. The molecule has 1 aliphatic carbocycles. The molecule has 2 nitrogen and oxygen atoms in total. The van der Waals surface area contributed by atoms with Gasteiger partial charge >= 0.3 is 0 Å². The van der Waals surface area contributed by atoms with Gasteiger partial charge in [-0.15, -0.1) is 0 Å². The average Bonchev–Trinajstić information content (AvgIpc) is 3.09. The summed E-state index contributed by atoms with van der Waals surface area (Å²) in [5, 5.41) is 4.86. The van der Waals surface area contributed by atoms with Crippen molar-refractivity contribution in [2.75, 3.05) is 5.32 Å². The molecule has 17 heavy (non-hydrogen) atoms. The maximum absolute atomic E-state index is 4.39. The molecule has 1 fully saturated rings. The van der Waals surface area contributed by atoms with E-state index in [0.29, 0.717) is 11.5 Å². The normalized spacial score (nSPS) is 18.9. The highest BCUT2D eigenvalue weighted by Gasteiger charge is 2.42. The van der Waals surface area contributed by atoms with Crippen molar-refractivity contribution < 1.29 is 0 Å². The number of benzene rings is 1. The van der Waals surface area contributed by atoms with E-state index in [4.69, 9.17) is 0 Å². The minimum absolute atomic E-state index is 0.490. The van der Waals surface area contributed by atoms with Gasteiger partial charge in [-0.3, -0.25) is 4.98 Å². The molecule has 2 aromatic rings. The lowest BCUT2D eigenvalue weighted by molar-refractivity contribution is 0.494. The summed E-state index contributed by atoms with van der Waals surface area (Å²) >= 11 is 0. The van der Waals surface area contributed by atoms with Gasteiger partial charge in [0.2, 0.25) is 0 Å². The zero-order valence-corrected chi connectivity index (χ0v) is 10.4. The van der Waals surface area contributed by atoms with Crippen LogP contribution in [-0.2, 0) is 0 Å². The second kappa shape index (κ2) is 3.73. The van der Waals surface area contributed by atoms with Crippen LogP contribution < -0.4 is 5.32 Å². The topological polar surface area (TPSA) is 24.9 Å². The zero-order chi connectivity index (χ0) is 11.9. The van der Waals surface area contributed by atoms with Crippen LogP contribution in [0.15, 0.2) is 36.5 Å². The molecule has 0 spiro atoms. The molecule has 0 saturated heterocycles. The van der Waals surface area contributed by atoms with Gasteiger partial charge in [0.05, 0.1) is 5.52 Å². The highest BCUT2D eigenvalue weighted by Crippen LogP contribution is 2.49. The third kappa shape index (κ3) is 1.88. The highest BCUT2D eigenvalue weighted by molar-refractivity contribution is 5.91. The fourth-order valence-corrected chi connectivity index (χ4v) is 2.27. The third-order valence-electron chi connectivity index (χ3n) is 4.10. The lowest BCUT2D eigenvalue weighted by Crippen LogP contribution is -2.24. The van der Waals surface area contributed by atoms with Crippen LogP contribution in [0.4, 0.5) is 5.69 Å². The second-order valence-electron chi connectivity index (χ2n) is 5.40. The summed E-state index contributed by atoms with van der Waals surface area (Å²) in [6.07, 6.45) is 4.52. The number of nitrogens with zero attached hydrogens (tertiary/aromatic N) is 1. The number of rotatable bonds is 3. The lowest BCUT2D eigenvalue weighted by Gasteiger charge is -2.22. The summed E-state index contributed by atoms with van der Waals surface area (Å²) in [7, 11) is 0. The molecule has 1 unspecified atom stereocenters. The predicted molar refractivity (Wildman–Crippen MR) is 72.2 cm³/mol. The summed E-state index contributed by atoms with van der Waals surface area (Å²) in [4.78, 5) is 4.39. The molecule has 1 aliphatic rings. The van der Waals surface area contributed by atoms with E-state index in [2.05, 4.69) is 48.4 Å². The molecule has 1 aromatic carbocycles. The molecule has 3 rings (SSSR count). The number of pyridine rings is 1. The maximum Gasteiger partial charge on any atom is 0.0722 e. The second-order valence-corrected chi connectivity index (χ2v) is 5.40. The van der Waals surface area contributed by atoms with E-state index in [1.165, 1.54) is 23.9 Å². The molecule has 88 valence electrons. The Morgan fingerprint density at radius 2 is 2.06 bits per heavy atom. The molecular weight excluding hydrogens is 208 g/mol. The van der Waals surface area contributed by atoms with Gasteiger partial charge in [0, 0.05) is 23.3 Å². The van der Waals surface area contributed by atoms with Crippen molar-refractivity contribution in [2.24, 2.45) is 5.41 Å². The smallest absolute Gasteiger partial charge is 0.0722 e. The maximum atomic E-state index is 4.39. The number of aromatic nitrogens is 1. The van der Waals surface area contributed by atoms with Gasteiger partial charge in [0.1, 0.15) is 0 Å². The molecule has 1 saturated carbocycles. The van der Waals surface area contributed by atoms with Crippen molar-refractivity contribution in [3.8, 4) is 0 Å². The van der Waals surface area contributed by atoms with Crippen LogP contribution in [0.25, 0.3) is 10.9 Å². The lowest BCUT2D eigenvalue weighted by atomic mass is 10.00. The van der Waals surface area contributed by atoms with E-state index >= 15 is 0 Å². The number of hydrogen-bond acceptors (Lipinski definition) is 2. The highest BCUT2D eigenvalue weighted by atomic mass is 14.9. The van der Waals surface area contributed by atoms with Crippen LogP contribution in [0.2, 0.25) is 0 Å². The molecular formula is C15H18N2. The minimum atomic E-state index is 0.490. The first-order valence-electron chi connectivity index (χ1n) is 6.29. The van der Waals surface area contributed by atoms with Gasteiger partial charge in [0.25, 0.3) is 0 Å². The molecule has 1 aromatic heterocycles. The zero-order valence-electron chi connectivity index (χ0n) is 10.4. The van der Waals surface area contributed by atoms with Crippen molar-refractivity contribution in [3.05, 3.63) is 36.5 Å². The van der Waals surface area contributed by atoms with Gasteiger partial charge in [-0.05, 0) is 49.4 Å². The van der Waals surface area contributed by atoms with Crippen LogP contribution in [0, 0.1) is 5.41 Å². The Morgan fingerprint density at radius 3 is 2.82 bits per heavy atom. The fraction of sp³-hybridized carbons (Fsp3) is 0.400. The Bertz CT molecular complexity index is 538. The Hall–Kier alpha value is -1.57. The van der Waals surface area contributed by atoms with E-state index < -0.39 is 0 Å². The molecule has 0 aliphatic heterocycles. The Kier molecular flexibility index (Phi) is 2.32. The van der Waals surface area contributed by atoms with Gasteiger partial charge in [0.15, 0.2) is 0 Å². The van der Waals surface area contributed by atoms with Crippen LogP contribution in [0.5, 0.6) is 0 Å². The van der Waals surface area contributed by atoms with Gasteiger partial charge < -0.3 is 5.32 Å². The molecule has 1 heterocycles. The third-order valence-corrected chi connectivity index (χ3v) is 4.10. The molecule has 0 bridgehead atoms. The first kappa shape index (κ1) is 10.6. The number of nitrogens with one attached hydrogen (secondary N) is 1. The van der Waals surface area contributed by atoms with Crippen molar-refractivity contribution in [3.63, 3.8) is 0 Å². The SMILES string of the molecule is CC(Nc1cccc2ncccc12)C1(C)CC1. The molecule has 2 heteroatoms. The summed E-state index contributed by atoms with van der Waals surface area (Å²) in [6, 6.07) is 10.9. The summed E-state index contributed by atoms with van der Waals surface area (Å²) < 4.78 is 0. The molecule has 1 atom stereocenters. The average molecular weight is 226 g/mol. The van der Waals surface area contributed by atoms with E-state index in [9.17, 15) is 0 Å². The monoisotopic (exact) mass is 226 g/mol. The molecule has 0 radical (unpaired) electrons. The van der Waals surface area contributed by atoms with Crippen LogP contribution >= 0.6 is 0 Å². The molecule has 1 N–H and O–H groups in total. The van der Waals surface area contributed by atoms with Crippen molar-refractivity contribution in [2.45, 2.75) is 32.7 Å². The number of anilines is 1. The Balaban J connectivity index is 1.94. The summed E-state index contributed by atoms with van der Waals surface area (Å²) in [6.45, 7) is 4.64. The molecule has 0 amide bonds. The van der Waals surface area contributed by atoms with E-state index in [1.54, 1.807) is 0 Å². The van der Waals surface area contributed by atoms with E-state index in [1.807, 2.05) is 12.3 Å².